The monoisotopic (exact) mass is 217 g/mol. The van der Waals surface area contributed by atoms with Crippen molar-refractivity contribution in [2.75, 3.05) is 13.2 Å². The van der Waals surface area contributed by atoms with Crippen LogP contribution in [-0.2, 0) is 17.6 Å². The lowest BCUT2D eigenvalue weighted by molar-refractivity contribution is 0.0182. The molecule has 0 radical (unpaired) electrons. The summed E-state index contributed by atoms with van der Waals surface area (Å²) in [7, 11) is 0. The molecule has 1 rings (SSSR count). The molecule has 0 atom stereocenters. The number of hydrogen-bond donors (Lipinski definition) is 0. The molecule has 0 saturated heterocycles. The minimum atomic E-state index is -2.47. The average Bonchev–Trinajstić information content (AvgIpc) is 2.61. The van der Waals surface area contributed by atoms with E-state index in [4.69, 9.17) is 9.78 Å². The molecular formula is C8H9F2N3O2. The largest absolute Gasteiger partial charge is 0.375 e. The first kappa shape index (κ1) is 11.5. The zero-order valence-corrected chi connectivity index (χ0v) is 7.82. The minimum Gasteiger partial charge on any atom is -0.375 e. The molecular weight excluding hydrogens is 208 g/mol. The van der Waals surface area contributed by atoms with E-state index in [2.05, 4.69) is 14.9 Å². The van der Waals surface area contributed by atoms with E-state index in [0.29, 0.717) is 12.2 Å². The lowest BCUT2D eigenvalue weighted by atomic mass is 10.4. The van der Waals surface area contributed by atoms with Gasteiger partial charge in [-0.1, -0.05) is 5.16 Å². The third-order valence-corrected chi connectivity index (χ3v) is 1.45. The molecule has 0 spiro atoms. The Kier molecular flexibility index (Phi) is 4.63. The fourth-order valence-corrected chi connectivity index (χ4v) is 0.867. The van der Waals surface area contributed by atoms with Crippen LogP contribution >= 0.6 is 0 Å². The van der Waals surface area contributed by atoms with Gasteiger partial charge in [-0.2, -0.15) is 10.2 Å². The van der Waals surface area contributed by atoms with Crippen LogP contribution in [0.15, 0.2) is 4.52 Å². The van der Waals surface area contributed by atoms with Crippen molar-refractivity contribution in [3.05, 3.63) is 11.7 Å². The summed E-state index contributed by atoms with van der Waals surface area (Å²) in [4.78, 5) is 3.85. The van der Waals surface area contributed by atoms with Crippen LogP contribution in [0.2, 0.25) is 0 Å². The van der Waals surface area contributed by atoms with Crippen LogP contribution in [-0.4, -0.2) is 29.8 Å². The van der Waals surface area contributed by atoms with E-state index < -0.39 is 13.0 Å². The van der Waals surface area contributed by atoms with Crippen molar-refractivity contribution in [1.82, 2.24) is 10.1 Å². The first-order chi connectivity index (χ1) is 7.22. The van der Waals surface area contributed by atoms with Crippen LogP contribution in [0.25, 0.3) is 0 Å². The van der Waals surface area contributed by atoms with Gasteiger partial charge < -0.3 is 9.26 Å². The second kappa shape index (κ2) is 6.03. The quantitative estimate of drug-likeness (QED) is 0.663. The van der Waals surface area contributed by atoms with Crippen molar-refractivity contribution < 1.29 is 18.0 Å². The van der Waals surface area contributed by atoms with Crippen molar-refractivity contribution in [2.24, 2.45) is 0 Å². The summed E-state index contributed by atoms with van der Waals surface area (Å²) in [5.41, 5.74) is 0. The molecule has 0 saturated carbocycles. The van der Waals surface area contributed by atoms with Crippen LogP contribution in [0.4, 0.5) is 8.78 Å². The molecule has 0 aliphatic rings. The van der Waals surface area contributed by atoms with Gasteiger partial charge in [-0.15, -0.1) is 0 Å². The summed E-state index contributed by atoms with van der Waals surface area (Å²) in [5.74, 6) is 0.580. The average molecular weight is 217 g/mol. The van der Waals surface area contributed by atoms with E-state index in [1.54, 1.807) is 0 Å². The maximum absolute atomic E-state index is 11.7. The summed E-state index contributed by atoms with van der Waals surface area (Å²) in [6.07, 6.45) is -2.13. The maximum Gasteiger partial charge on any atom is 0.261 e. The molecule has 0 fully saturated rings. The van der Waals surface area contributed by atoms with Crippen LogP contribution in [0.5, 0.6) is 0 Å². The lowest BCUT2D eigenvalue weighted by Crippen LogP contribution is -2.07. The van der Waals surface area contributed by atoms with Gasteiger partial charge in [0.1, 0.15) is 13.0 Å². The summed E-state index contributed by atoms with van der Waals surface area (Å²) in [5, 5.41) is 11.9. The summed E-state index contributed by atoms with van der Waals surface area (Å²) >= 11 is 0. The molecule has 1 aromatic heterocycles. The van der Waals surface area contributed by atoms with Gasteiger partial charge in [0.15, 0.2) is 5.82 Å². The third-order valence-electron chi connectivity index (χ3n) is 1.45. The number of hydrogen-bond acceptors (Lipinski definition) is 5. The minimum absolute atomic E-state index is 0.0465. The highest BCUT2D eigenvalue weighted by molar-refractivity contribution is 4.93. The van der Waals surface area contributed by atoms with Crippen LogP contribution < -0.4 is 0 Å². The highest BCUT2D eigenvalue weighted by atomic mass is 19.3. The number of aromatic nitrogens is 2. The smallest absolute Gasteiger partial charge is 0.261 e. The molecule has 1 heterocycles. The van der Waals surface area contributed by atoms with E-state index in [9.17, 15) is 8.78 Å². The second-order valence-electron chi connectivity index (χ2n) is 2.66. The Hall–Kier alpha value is -1.55. The summed E-state index contributed by atoms with van der Waals surface area (Å²) < 4.78 is 32.6. The highest BCUT2D eigenvalue weighted by Crippen LogP contribution is 1.99. The first-order valence-electron chi connectivity index (χ1n) is 4.26. The van der Waals surface area contributed by atoms with E-state index >= 15 is 0 Å². The summed E-state index contributed by atoms with van der Waals surface area (Å²) in [6.45, 7) is -0.487. The molecule has 1 aromatic rings. The van der Waals surface area contributed by atoms with Crippen molar-refractivity contribution >= 4 is 0 Å². The fraction of sp³-hybridized carbons (Fsp3) is 0.625. The molecule has 0 N–H and O–H groups in total. The Labute approximate surface area is 84.6 Å². The topological polar surface area (TPSA) is 71.9 Å². The number of halogens is 2. The normalized spacial score (nSPS) is 10.5. The molecule has 0 aromatic carbocycles. The first-order valence-corrected chi connectivity index (χ1v) is 4.26. The molecule has 0 aliphatic heterocycles. The number of ether oxygens (including phenoxy) is 1. The Morgan fingerprint density at radius 3 is 3.00 bits per heavy atom. The lowest BCUT2D eigenvalue weighted by Gasteiger charge is -1.99. The van der Waals surface area contributed by atoms with Crippen molar-refractivity contribution in [3.8, 4) is 6.07 Å². The number of alkyl halides is 2. The molecule has 5 nitrogen and oxygen atoms in total. The predicted octanol–water partition coefficient (Wildman–Crippen LogP) is 0.960. The van der Waals surface area contributed by atoms with Crippen molar-refractivity contribution in [2.45, 2.75) is 19.3 Å². The van der Waals surface area contributed by atoms with Gasteiger partial charge in [0.2, 0.25) is 5.89 Å². The van der Waals surface area contributed by atoms with Crippen LogP contribution in [0.1, 0.15) is 11.7 Å². The van der Waals surface area contributed by atoms with Gasteiger partial charge in [-0.3, -0.25) is 0 Å². The van der Waals surface area contributed by atoms with E-state index in [-0.39, 0.29) is 18.9 Å². The highest BCUT2D eigenvalue weighted by Gasteiger charge is 2.06. The molecule has 0 bridgehead atoms. The van der Waals surface area contributed by atoms with Gasteiger partial charge in [-0.25, -0.2) is 8.78 Å². The Morgan fingerprint density at radius 2 is 2.33 bits per heavy atom. The SMILES string of the molecule is N#CCc1nc(CCOCC(F)F)no1. The Bertz CT molecular complexity index is 335. The Balaban J connectivity index is 2.23. The predicted molar refractivity (Wildman–Crippen MR) is 44.1 cm³/mol. The van der Waals surface area contributed by atoms with Crippen molar-refractivity contribution in [1.29, 1.82) is 5.26 Å². The van der Waals surface area contributed by atoms with Crippen LogP contribution in [0.3, 0.4) is 0 Å². The second-order valence-corrected chi connectivity index (χ2v) is 2.66. The molecule has 7 heteroatoms. The van der Waals surface area contributed by atoms with Gasteiger partial charge in [0, 0.05) is 6.42 Å². The molecule has 0 amide bonds. The van der Waals surface area contributed by atoms with Gasteiger partial charge in [0.25, 0.3) is 6.43 Å². The number of nitrogens with zero attached hydrogens (tertiary/aromatic N) is 3. The number of rotatable bonds is 6. The number of nitriles is 1. The van der Waals surface area contributed by atoms with Crippen LogP contribution in [0, 0.1) is 11.3 Å². The van der Waals surface area contributed by atoms with E-state index in [1.807, 2.05) is 6.07 Å². The van der Waals surface area contributed by atoms with E-state index in [0.717, 1.165) is 0 Å². The molecule has 0 unspecified atom stereocenters. The molecule has 15 heavy (non-hydrogen) atoms. The fourth-order valence-electron chi connectivity index (χ4n) is 0.867. The third kappa shape index (κ3) is 4.46. The van der Waals surface area contributed by atoms with E-state index in [1.165, 1.54) is 0 Å². The summed E-state index contributed by atoms with van der Waals surface area (Å²) in [6, 6.07) is 1.85. The van der Waals surface area contributed by atoms with Gasteiger partial charge in [0.05, 0.1) is 12.7 Å². The molecule has 0 aliphatic carbocycles. The molecule has 82 valence electrons. The zero-order chi connectivity index (χ0) is 11.1. The Morgan fingerprint density at radius 1 is 1.53 bits per heavy atom. The van der Waals surface area contributed by atoms with Gasteiger partial charge >= 0.3 is 0 Å². The van der Waals surface area contributed by atoms with Crippen molar-refractivity contribution in [3.63, 3.8) is 0 Å². The van der Waals surface area contributed by atoms with Gasteiger partial charge in [-0.05, 0) is 0 Å². The standard InChI is InChI=1S/C8H9F2N3O2/c9-6(10)5-14-4-2-7-12-8(1-3-11)15-13-7/h6H,1-2,4-5H2. The zero-order valence-electron chi connectivity index (χ0n) is 7.82. The maximum atomic E-state index is 11.7.